The summed E-state index contributed by atoms with van der Waals surface area (Å²) < 4.78 is 28.4. The summed E-state index contributed by atoms with van der Waals surface area (Å²) in [6, 6.07) is 0. The maximum absolute atomic E-state index is 13.2. The molecule has 12 nitrogen and oxygen atoms in total. The van der Waals surface area contributed by atoms with Crippen LogP contribution in [0.1, 0.15) is 239 Å². The third kappa shape index (κ3) is 42.3. The van der Waals surface area contributed by atoms with Crippen molar-refractivity contribution in [1.29, 1.82) is 0 Å². The van der Waals surface area contributed by atoms with E-state index in [9.17, 15) is 34.5 Å². The summed E-state index contributed by atoms with van der Waals surface area (Å²) in [6.45, 7) is 5.72. The fourth-order valence-corrected chi connectivity index (χ4v) is 8.54. The fourth-order valence-electron chi connectivity index (χ4n) is 8.54. The van der Waals surface area contributed by atoms with E-state index in [-0.39, 0.29) is 25.9 Å². The third-order valence-corrected chi connectivity index (χ3v) is 13.1. The summed E-state index contributed by atoms with van der Waals surface area (Å²) in [5, 5.41) is 31.5. The first-order valence-electron chi connectivity index (χ1n) is 30.2. The third-order valence-electron chi connectivity index (χ3n) is 13.1. The Hall–Kier alpha value is -4.36. The molecule has 0 bridgehead atoms. The average Bonchev–Trinajstić information content (AvgIpc) is 3.42. The van der Waals surface area contributed by atoms with Crippen molar-refractivity contribution in [3.63, 3.8) is 0 Å². The van der Waals surface area contributed by atoms with Crippen molar-refractivity contribution in [3.05, 3.63) is 97.2 Å². The van der Waals surface area contributed by atoms with Crippen molar-refractivity contribution in [3.8, 4) is 0 Å². The number of aliphatic hydroxyl groups is 2. The fraction of sp³-hybridized carbons (Fsp3) is 0.692. The second-order valence-electron chi connectivity index (χ2n) is 20.2. The Labute approximate surface area is 466 Å². The van der Waals surface area contributed by atoms with Gasteiger partial charge in [-0.15, -0.1) is 0 Å². The highest BCUT2D eigenvalue weighted by Gasteiger charge is 2.50. The molecule has 77 heavy (non-hydrogen) atoms. The van der Waals surface area contributed by atoms with Crippen molar-refractivity contribution in [1.82, 2.24) is 0 Å². The molecule has 6 unspecified atom stereocenters. The molecule has 1 fully saturated rings. The number of carboxylic acids is 1. The van der Waals surface area contributed by atoms with Gasteiger partial charge >= 0.3 is 23.9 Å². The molecule has 0 saturated carbocycles. The number of aliphatic carboxylic acids is 1. The van der Waals surface area contributed by atoms with Gasteiger partial charge in [0.25, 0.3) is 0 Å². The molecule has 0 aromatic rings. The van der Waals surface area contributed by atoms with E-state index in [2.05, 4.69) is 118 Å². The Bertz CT molecular complexity index is 1710. The van der Waals surface area contributed by atoms with Crippen LogP contribution in [0.3, 0.4) is 0 Å². The number of rotatable bonds is 50. The Morgan fingerprint density at radius 3 is 1.26 bits per heavy atom. The molecule has 1 aliphatic heterocycles. The summed E-state index contributed by atoms with van der Waals surface area (Å²) in [7, 11) is 0. The summed E-state index contributed by atoms with van der Waals surface area (Å²) in [5.74, 6) is -3.18. The number of ether oxygens (including phenoxy) is 5. The van der Waals surface area contributed by atoms with Gasteiger partial charge in [-0.3, -0.25) is 14.4 Å². The van der Waals surface area contributed by atoms with Crippen molar-refractivity contribution in [2.75, 3.05) is 13.2 Å². The highest BCUT2D eigenvalue weighted by Crippen LogP contribution is 2.26. The topological polar surface area (TPSA) is 175 Å². The standard InChI is InChI=1S/C65H106O12/c1-4-7-10-13-16-19-22-25-27-29-31-34-36-39-42-45-48-51-57(66)73-54-56(75-58(67)52-49-46-43-40-38-35-32-30-28-26-23-20-17-14-11-8-5-2)55-74-65-63(61(70)60(69)62(77-65)64(71)72)76-59(68)53-50-47-44-41-37-33-24-21-18-15-12-9-6-3/h7-8,10-11,16-17,19-21,24-28,31,34,56,60-63,65,69-70H,4-6,9,12-15,18,22-23,29-30,32-33,35-55H2,1-3H3,(H,71,72)/b10-7-,11-8-,19-16-,20-17-,24-21-,27-25-,28-26-,34-31-. The number of esters is 3. The monoisotopic (exact) mass is 1080 g/mol. The van der Waals surface area contributed by atoms with Gasteiger partial charge in [0.05, 0.1) is 6.61 Å². The maximum atomic E-state index is 13.2. The van der Waals surface area contributed by atoms with Crippen LogP contribution in [0.5, 0.6) is 0 Å². The lowest BCUT2D eigenvalue weighted by Gasteiger charge is -2.40. The molecule has 0 aromatic heterocycles. The van der Waals surface area contributed by atoms with Gasteiger partial charge < -0.3 is 39.0 Å². The largest absolute Gasteiger partial charge is 0.479 e. The van der Waals surface area contributed by atoms with E-state index in [4.69, 9.17) is 23.7 Å². The van der Waals surface area contributed by atoms with Gasteiger partial charge in [0.15, 0.2) is 24.6 Å². The number of allylic oxidation sites excluding steroid dienone is 16. The Balaban J connectivity index is 2.72. The zero-order chi connectivity index (χ0) is 56.1. The van der Waals surface area contributed by atoms with Crippen LogP contribution in [0.25, 0.3) is 0 Å². The van der Waals surface area contributed by atoms with E-state index < -0.39 is 67.3 Å². The van der Waals surface area contributed by atoms with Crippen LogP contribution in [-0.4, -0.2) is 89.2 Å². The normalized spacial score (nSPS) is 18.7. The van der Waals surface area contributed by atoms with Gasteiger partial charge in [0.2, 0.25) is 0 Å². The summed E-state index contributed by atoms with van der Waals surface area (Å²) in [5.41, 5.74) is 0. The molecule has 0 radical (unpaired) electrons. The first-order chi connectivity index (χ1) is 37.6. The molecule has 1 saturated heterocycles. The van der Waals surface area contributed by atoms with Crippen molar-refractivity contribution in [2.24, 2.45) is 0 Å². The predicted molar refractivity (Wildman–Crippen MR) is 312 cm³/mol. The molecular weight excluding hydrogens is 973 g/mol. The molecule has 1 heterocycles. The van der Waals surface area contributed by atoms with E-state index in [0.717, 1.165) is 154 Å². The lowest BCUT2D eigenvalue weighted by atomic mass is 9.98. The van der Waals surface area contributed by atoms with Crippen LogP contribution in [0.2, 0.25) is 0 Å². The molecule has 438 valence electrons. The van der Waals surface area contributed by atoms with Gasteiger partial charge in [-0.05, 0) is 116 Å². The van der Waals surface area contributed by atoms with Gasteiger partial charge in [-0.1, -0.05) is 201 Å². The number of carbonyl (C=O) groups excluding carboxylic acids is 3. The minimum atomic E-state index is -1.91. The number of unbranched alkanes of at least 4 members (excludes halogenated alkanes) is 20. The number of hydrogen-bond acceptors (Lipinski definition) is 11. The smallest absolute Gasteiger partial charge is 0.335 e. The minimum absolute atomic E-state index is 0.0429. The average molecular weight is 1080 g/mol. The second kappa shape index (κ2) is 52.3. The number of hydrogen-bond donors (Lipinski definition) is 3. The molecule has 0 amide bonds. The zero-order valence-corrected chi connectivity index (χ0v) is 48.2. The first kappa shape index (κ1) is 70.7. The molecule has 6 atom stereocenters. The van der Waals surface area contributed by atoms with Crippen molar-refractivity contribution in [2.45, 2.75) is 276 Å². The molecule has 1 aliphatic rings. The van der Waals surface area contributed by atoms with E-state index in [1.165, 1.54) is 25.7 Å². The molecular formula is C65H106O12. The van der Waals surface area contributed by atoms with E-state index in [1.807, 2.05) is 0 Å². The Morgan fingerprint density at radius 2 is 0.818 bits per heavy atom. The number of carbonyl (C=O) groups is 4. The zero-order valence-electron chi connectivity index (χ0n) is 48.2. The van der Waals surface area contributed by atoms with Crippen LogP contribution >= 0.6 is 0 Å². The lowest BCUT2D eigenvalue weighted by molar-refractivity contribution is -0.301. The number of aliphatic hydroxyl groups excluding tert-OH is 2. The van der Waals surface area contributed by atoms with E-state index in [1.54, 1.807) is 0 Å². The SMILES string of the molecule is CC/C=C\C/C=C\C/C=C\C/C=C\CCCCCCC(=O)OCC(COC1OC(C(=O)O)C(O)C(O)C1OC(=O)CCCCCCC/C=C\CCCCCC)OC(=O)CCCCCCCCC/C=C\C/C=C\C/C=C\CC. The highest BCUT2D eigenvalue weighted by molar-refractivity contribution is 5.74. The van der Waals surface area contributed by atoms with Crippen LogP contribution in [-0.2, 0) is 42.9 Å². The number of carboxylic acid groups (broad SMARTS) is 1. The summed E-state index contributed by atoms with van der Waals surface area (Å²) >= 11 is 0. The van der Waals surface area contributed by atoms with Gasteiger partial charge in [0.1, 0.15) is 18.8 Å². The second-order valence-corrected chi connectivity index (χ2v) is 20.2. The molecule has 0 aliphatic carbocycles. The van der Waals surface area contributed by atoms with E-state index >= 15 is 0 Å². The van der Waals surface area contributed by atoms with Gasteiger partial charge in [-0.25, -0.2) is 4.79 Å². The summed E-state index contributed by atoms with van der Waals surface area (Å²) in [4.78, 5) is 51.2. The van der Waals surface area contributed by atoms with Crippen LogP contribution in [0.4, 0.5) is 0 Å². The van der Waals surface area contributed by atoms with Crippen molar-refractivity contribution >= 4 is 23.9 Å². The molecule has 3 N–H and O–H groups in total. The minimum Gasteiger partial charge on any atom is -0.479 e. The van der Waals surface area contributed by atoms with Gasteiger partial charge in [0, 0.05) is 19.3 Å². The summed E-state index contributed by atoms with van der Waals surface area (Å²) in [6.07, 6.45) is 56.5. The molecule has 1 rings (SSSR count). The first-order valence-corrected chi connectivity index (χ1v) is 30.2. The maximum Gasteiger partial charge on any atom is 0.335 e. The van der Waals surface area contributed by atoms with Crippen LogP contribution in [0, 0.1) is 0 Å². The highest BCUT2D eigenvalue weighted by atomic mass is 16.7. The Morgan fingerprint density at radius 1 is 0.442 bits per heavy atom. The Kier molecular flexibility index (Phi) is 48.0. The molecule has 0 aromatic carbocycles. The lowest BCUT2D eigenvalue weighted by Crippen LogP contribution is -2.61. The van der Waals surface area contributed by atoms with Crippen LogP contribution in [0.15, 0.2) is 97.2 Å². The molecule has 12 heteroatoms. The quantitative estimate of drug-likeness (QED) is 0.0228. The van der Waals surface area contributed by atoms with E-state index in [0.29, 0.717) is 19.3 Å². The van der Waals surface area contributed by atoms with Crippen molar-refractivity contribution < 1.29 is 58.2 Å². The molecule has 0 spiro atoms. The van der Waals surface area contributed by atoms with Gasteiger partial charge in [-0.2, -0.15) is 0 Å². The predicted octanol–water partition coefficient (Wildman–Crippen LogP) is 15.7. The van der Waals surface area contributed by atoms with Crippen LogP contribution < -0.4 is 0 Å².